The lowest BCUT2D eigenvalue weighted by molar-refractivity contribution is 0.635. The van der Waals surface area contributed by atoms with E-state index in [-0.39, 0.29) is 0 Å². The fourth-order valence-corrected chi connectivity index (χ4v) is 2.24. The van der Waals surface area contributed by atoms with Crippen molar-refractivity contribution in [3.63, 3.8) is 0 Å². The zero-order valence-electron chi connectivity index (χ0n) is 12.8. The number of rotatable bonds is 5. The molecule has 0 amide bonds. The van der Waals surface area contributed by atoms with E-state index in [2.05, 4.69) is 56.2 Å². The Hall–Kier alpha value is -1.90. The Morgan fingerprint density at radius 1 is 1.15 bits per heavy atom. The van der Waals surface area contributed by atoms with Crippen LogP contribution in [-0.2, 0) is 6.42 Å². The highest BCUT2D eigenvalue weighted by atomic mass is 15.0. The first kappa shape index (κ1) is 14.5. The molecule has 0 bridgehead atoms. The summed E-state index contributed by atoms with van der Waals surface area (Å²) in [6.45, 7) is 9.47. The average molecular weight is 269 g/mol. The predicted molar refractivity (Wildman–Crippen MR) is 84.9 cm³/mol. The number of anilines is 1. The molecule has 3 heteroatoms. The van der Waals surface area contributed by atoms with Gasteiger partial charge in [0.05, 0.1) is 0 Å². The molecule has 0 saturated heterocycles. The molecule has 0 spiro atoms. The molecule has 1 N–H and O–H groups in total. The largest absolute Gasteiger partial charge is 0.370 e. The molecule has 106 valence electrons. The van der Waals surface area contributed by atoms with Gasteiger partial charge in [0.1, 0.15) is 5.82 Å². The van der Waals surface area contributed by atoms with Crippen molar-refractivity contribution in [3.05, 3.63) is 41.6 Å². The summed E-state index contributed by atoms with van der Waals surface area (Å²) in [4.78, 5) is 9.38. The number of hydrogen-bond donors (Lipinski definition) is 1. The second kappa shape index (κ2) is 6.51. The number of aromatic nitrogens is 2. The summed E-state index contributed by atoms with van der Waals surface area (Å²) in [5.41, 5.74) is 3.41. The molecule has 0 aliphatic carbocycles. The Morgan fingerprint density at radius 3 is 2.55 bits per heavy atom. The maximum atomic E-state index is 4.74. The van der Waals surface area contributed by atoms with E-state index < -0.39 is 0 Å². The van der Waals surface area contributed by atoms with Crippen LogP contribution in [0.3, 0.4) is 0 Å². The molecule has 2 aromatic rings. The molecule has 0 radical (unpaired) electrons. The van der Waals surface area contributed by atoms with Gasteiger partial charge in [0, 0.05) is 23.9 Å². The normalized spacial score (nSPS) is 10.8. The molecule has 2 rings (SSSR count). The Balaban J connectivity index is 2.46. The molecule has 0 unspecified atom stereocenters. The summed E-state index contributed by atoms with van der Waals surface area (Å²) in [5.74, 6) is 2.32. The van der Waals surface area contributed by atoms with E-state index in [0.29, 0.717) is 5.92 Å². The van der Waals surface area contributed by atoms with Gasteiger partial charge >= 0.3 is 0 Å². The summed E-state index contributed by atoms with van der Waals surface area (Å²) >= 11 is 0. The highest BCUT2D eigenvalue weighted by molar-refractivity contribution is 5.61. The second-order valence-corrected chi connectivity index (χ2v) is 5.51. The third-order valence-electron chi connectivity index (χ3n) is 3.14. The molecule has 0 atom stereocenters. The van der Waals surface area contributed by atoms with Crippen LogP contribution >= 0.6 is 0 Å². The smallest absolute Gasteiger partial charge is 0.162 e. The van der Waals surface area contributed by atoms with Crippen molar-refractivity contribution in [3.8, 4) is 11.4 Å². The van der Waals surface area contributed by atoms with Crippen molar-refractivity contribution in [1.82, 2.24) is 9.97 Å². The first-order valence-electron chi connectivity index (χ1n) is 7.28. The minimum Gasteiger partial charge on any atom is -0.370 e. The van der Waals surface area contributed by atoms with E-state index in [0.717, 1.165) is 35.9 Å². The zero-order chi connectivity index (χ0) is 14.5. The Kier molecular flexibility index (Phi) is 4.72. The van der Waals surface area contributed by atoms with Crippen molar-refractivity contribution in [1.29, 1.82) is 0 Å². The monoisotopic (exact) mass is 269 g/mol. The van der Waals surface area contributed by atoms with Gasteiger partial charge in [-0.2, -0.15) is 0 Å². The lowest BCUT2D eigenvalue weighted by atomic mass is 10.1. The number of aryl methyl sites for hydroxylation is 1. The molecule has 1 aromatic heterocycles. The highest BCUT2D eigenvalue weighted by Gasteiger charge is 2.09. The Labute approximate surface area is 121 Å². The molecule has 0 saturated carbocycles. The lowest BCUT2D eigenvalue weighted by Crippen LogP contribution is -2.06. The van der Waals surface area contributed by atoms with Gasteiger partial charge in [-0.15, -0.1) is 0 Å². The van der Waals surface area contributed by atoms with Crippen LogP contribution in [0.25, 0.3) is 11.4 Å². The van der Waals surface area contributed by atoms with Gasteiger partial charge in [0.15, 0.2) is 5.82 Å². The molecule has 0 aliphatic rings. The van der Waals surface area contributed by atoms with Gasteiger partial charge in [-0.3, -0.25) is 0 Å². The minimum atomic E-state index is 0.587. The molecular formula is C17H23N3. The van der Waals surface area contributed by atoms with Gasteiger partial charge in [-0.25, -0.2) is 9.97 Å². The number of nitrogens with zero attached hydrogens (tertiary/aromatic N) is 2. The third-order valence-corrected chi connectivity index (χ3v) is 3.14. The number of hydrogen-bond acceptors (Lipinski definition) is 3. The fraction of sp³-hybridized carbons (Fsp3) is 0.412. The van der Waals surface area contributed by atoms with Crippen LogP contribution in [0, 0.1) is 12.8 Å². The molecule has 3 nitrogen and oxygen atoms in total. The van der Waals surface area contributed by atoms with Crippen molar-refractivity contribution < 1.29 is 0 Å². The van der Waals surface area contributed by atoms with E-state index in [1.807, 2.05) is 12.1 Å². The topological polar surface area (TPSA) is 37.8 Å². The summed E-state index contributed by atoms with van der Waals surface area (Å²) < 4.78 is 0. The van der Waals surface area contributed by atoms with E-state index >= 15 is 0 Å². The highest BCUT2D eigenvalue weighted by Crippen LogP contribution is 2.22. The van der Waals surface area contributed by atoms with Crippen molar-refractivity contribution in [2.45, 2.75) is 34.1 Å². The van der Waals surface area contributed by atoms with E-state index in [4.69, 9.17) is 4.98 Å². The van der Waals surface area contributed by atoms with Crippen LogP contribution in [0.5, 0.6) is 0 Å². The van der Waals surface area contributed by atoms with Crippen molar-refractivity contribution in [2.24, 2.45) is 5.92 Å². The SMILES string of the molecule is CCNc1cc(CC(C)C)nc(-c2ccccc2C)n1. The molecule has 20 heavy (non-hydrogen) atoms. The summed E-state index contributed by atoms with van der Waals surface area (Å²) in [6.07, 6.45) is 0.972. The minimum absolute atomic E-state index is 0.587. The molecule has 1 aromatic carbocycles. The van der Waals surface area contributed by atoms with Crippen LogP contribution in [-0.4, -0.2) is 16.5 Å². The van der Waals surface area contributed by atoms with Gasteiger partial charge in [-0.1, -0.05) is 38.1 Å². The molecule has 0 aliphatic heterocycles. The van der Waals surface area contributed by atoms with Crippen LogP contribution in [0.1, 0.15) is 32.0 Å². The molecule has 0 fully saturated rings. The van der Waals surface area contributed by atoms with Crippen LogP contribution < -0.4 is 5.32 Å². The van der Waals surface area contributed by atoms with E-state index in [1.54, 1.807) is 0 Å². The Bertz CT molecular complexity index is 576. The standard InChI is InChI=1S/C17H23N3/c1-5-18-16-11-14(10-12(2)3)19-17(20-16)15-9-7-6-8-13(15)4/h6-9,11-12H,5,10H2,1-4H3,(H,18,19,20). The van der Waals surface area contributed by atoms with Crippen molar-refractivity contribution in [2.75, 3.05) is 11.9 Å². The van der Waals surface area contributed by atoms with Gasteiger partial charge in [0.2, 0.25) is 0 Å². The lowest BCUT2D eigenvalue weighted by Gasteiger charge is -2.11. The predicted octanol–water partition coefficient (Wildman–Crippen LogP) is 4.08. The van der Waals surface area contributed by atoms with E-state index in [9.17, 15) is 0 Å². The van der Waals surface area contributed by atoms with Gasteiger partial charge in [-0.05, 0) is 31.7 Å². The second-order valence-electron chi connectivity index (χ2n) is 5.51. The quantitative estimate of drug-likeness (QED) is 0.888. The fourth-order valence-electron chi connectivity index (χ4n) is 2.24. The summed E-state index contributed by atoms with van der Waals surface area (Å²) in [6, 6.07) is 10.3. The summed E-state index contributed by atoms with van der Waals surface area (Å²) in [5, 5.41) is 3.30. The average Bonchev–Trinajstić information content (AvgIpc) is 2.38. The third kappa shape index (κ3) is 3.56. The van der Waals surface area contributed by atoms with E-state index in [1.165, 1.54) is 5.56 Å². The number of benzene rings is 1. The summed E-state index contributed by atoms with van der Waals surface area (Å²) in [7, 11) is 0. The first-order valence-corrected chi connectivity index (χ1v) is 7.28. The first-order chi connectivity index (χ1) is 9.60. The van der Waals surface area contributed by atoms with Crippen LogP contribution in [0.2, 0.25) is 0 Å². The maximum Gasteiger partial charge on any atom is 0.162 e. The number of nitrogens with one attached hydrogen (secondary N) is 1. The van der Waals surface area contributed by atoms with Crippen molar-refractivity contribution >= 4 is 5.82 Å². The van der Waals surface area contributed by atoms with Gasteiger partial charge < -0.3 is 5.32 Å². The zero-order valence-corrected chi connectivity index (χ0v) is 12.8. The molecular weight excluding hydrogens is 246 g/mol. The Morgan fingerprint density at radius 2 is 1.90 bits per heavy atom. The van der Waals surface area contributed by atoms with Crippen LogP contribution in [0.15, 0.2) is 30.3 Å². The van der Waals surface area contributed by atoms with Gasteiger partial charge in [0.25, 0.3) is 0 Å². The maximum absolute atomic E-state index is 4.74. The molecule has 1 heterocycles. The van der Waals surface area contributed by atoms with Crippen LogP contribution in [0.4, 0.5) is 5.82 Å².